The van der Waals surface area contributed by atoms with Crippen LogP contribution in [0.3, 0.4) is 0 Å². The molecule has 0 N–H and O–H groups in total. The van der Waals surface area contributed by atoms with Crippen molar-refractivity contribution in [3.05, 3.63) is 71.0 Å². The molecule has 3 aromatic rings. The molecule has 1 aliphatic heterocycles. The Bertz CT molecular complexity index is 980. The predicted molar refractivity (Wildman–Crippen MR) is 102 cm³/mol. The number of hydrogen-bond donors (Lipinski definition) is 0. The Morgan fingerprint density at radius 3 is 2.67 bits per heavy atom. The molecule has 0 saturated carbocycles. The van der Waals surface area contributed by atoms with Gasteiger partial charge in [0, 0.05) is 13.1 Å². The maximum atomic E-state index is 12.9. The molecule has 0 fully saturated rings. The minimum Gasteiger partial charge on any atom is -0.497 e. The van der Waals surface area contributed by atoms with Gasteiger partial charge < -0.3 is 9.64 Å². The van der Waals surface area contributed by atoms with Crippen LogP contribution in [0.5, 0.6) is 5.75 Å². The molecule has 0 atom stereocenters. The second kappa shape index (κ2) is 7.23. The number of fused-ring (bicyclic) bond motifs is 1. The summed E-state index contributed by atoms with van der Waals surface area (Å²) in [6, 6.07) is 14.1. The third-order valence-corrected chi connectivity index (χ3v) is 4.98. The van der Waals surface area contributed by atoms with Gasteiger partial charge in [0.25, 0.3) is 5.91 Å². The lowest BCUT2D eigenvalue weighted by Gasteiger charge is -2.18. The lowest BCUT2D eigenvalue weighted by atomic mass is 10.0. The van der Waals surface area contributed by atoms with E-state index >= 15 is 0 Å². The Hall–Kier alpha value is -3.15. The van der Waals surface area contributed by atoms with Crippen LogP contribution in [0.1, 0.15) is 27.2 Å². The van der Waals surface area contributed by atoms with Gasteiger partial charge in [-0.05, 0) is 60.7 Å². The van der Waals surface area contributed by atoms with Crippen LogP contribution in [0.25, 0.3) is 5.69 Å². The fraction of sp³-hybridized carbons (Fsp3) is 0.286. The first-order valence-electron chi connectivity index (χ1n) is 9.08. The highest BCUT2D eigenvalue weighted by Gasteiger charge is 2.22. The summed E-state index contributed by atoms with van der Waals surface area (Å²) < 4.78 is 6.97. The lowest BCUT2D eigenvalue weighted by molar-refractivity contribution is 0.0757. The molecule has 1 aromatic heterocycles. The summed E-state index contributed by atoms with van der Waals surface area (Å²) in [5, 5.41) is 8.24. The standard InChI is InChI=1S/C21H22N4O2/c1-15-4-3-5-18(12-15)25-14-20(22-23-25)21(26)24-10-8-16-6-7-19(27-2)13-17(16)9-11-24/h3-7,12-14H,8-11H2,1-2H3. The molecule has 6 nitrogen and oxygen atoms in total. The van der Waals surface area contributed by atoms with Crippen LogP contribution in [0.15, 0.2) is 48.7 Å². The van der Waals surface area contributed by atoms with E-state index in [9.17, 15) is 4.79 Å². The Morgan fingerprint density at radius 1 is 1.07 bits per heavy atom. The minimum absolute atomic E-state index is 0.0753. The van der Waals surface area contributed by atoms with E-state index in [4.69, 9.17) is 4.74 Å². The molecule has 0 spiro atoms. The molecule has 2 heterocycles. The van der Waals surface area contributed by atoms with Gasteiger partial charge in [-0.1, -0.05) is 23.4 Å². The van der Waals surface area contributed by atoms with E-state index in [2.05, 4.69) is 22.4 Å². The molecular weight excluding hydrogens is 340 g/mol. The number of methoxy groups -OCH3 is 1. The van der Waals surface area contributed by atoms with E-state index in [-0.39, 0.29) is 5.91 Å². The summed E-state index contributed by atoms with van der Waals surface area (Å²) in [4.78, 5) is 14.8. The zero-order valence-corrected chi connectivity index (χ0v) is 15.6. The molecular formula is C21H22N4O2. The van der Waals surface area contributed by atoms with E-state index in [1.807, 2.05) is 42.2 Å². The molecule has 1 aliphatic rings. The zero-order valence-electron chi connectivity index (χ0n) is 15.6. The summed E-state index contributed by atoms with van der Waals surface area (Å²) in [5.74, 6) is 0.781. The van der Waals surface area contributed by atoms with Crippen LogP contribution in [0.2, 0.25) is 0 Å². The summed E-state index contributed by atoms with van der Waals surface area (Å²) in [7, 11) is 1.67. The number of rotatable bonds is 3. The van der Waals surface area contributed by atoms with Gasteiger partial charge >= 0.3 is 0 Å². The van der Waals surface area contributed by atoms with Crippen molar-refractivity contribution in [3.63, 3.8) is 0 Å². The van der Waals surface area contributed by atoms with Crippen molar-refractivity contribution in [2.24, 2.45) is 0 Å². The van der Waals surface area contributed by atoms with E-state index < -0.39 is 0 Å². The summed E-state index contributed by atoms with van der Waals surface area (Å²) in [6.07, 6.45) is 3.35. The van der Waals surface area contributed by atoms with Crippen molar-refractivity contribution in [3.8, 4) is 11.4 Å². The van der Waals surface area contributed by atoms with Crippen molar-refractivity contribution in [1.82, 2.24) is 19.9 Å². The van der Waals surface area contributed by atoms with Crippen LogP contribution in [0, 0.1) is 6.92 Å². The first-order chi connectivity index (χ1) is 13.1. The zero-order chi connectivity index (χ0) is 18.8. The number of benzene rings is 2. The fourth-order valence-electron chi connectivity index (χ4n) is 3.45. The average Bonchev–Trinajstić information content (AvgIpc) is 3.09. The summed E-state index contributed by atoms with van der Waals surface area (Å²) in [5.41, 5.74) is 4.93. The number of carbonyl (C=O) groups is 1. The highest BCUT2D eigenvalue weighted by molar-refractivity contribution is 5.92. The number of amides is 1. The molecule has 138 valence electrons. The minimum atomic E-state index is -0.0753. The second-order valence-electron chi connectivity index (χ2n) is 6.81. The van der Waals surface area contributed by atoms with Crippen molar-refractivity contribution in [2.75, 3.05) is 20.2 Å². The van der Waals surface area contributed by atoms with Crippen LogP contribution in [0.4, 0.5) is 0 Å². The number of hydrogen-bond acceptors (Lipinski definition) is 4. The van der Waals surface area contributed by atoms with Gasteiger partial charge in [-0.2, -0.15) is 0 Å². The Balaban J connectivity index is 1.51. The van der Waals surface area contributed by atoms with Crippen LogP contribution in [-0.4, -0.2) is 46.0 Å². The van der Waals surface area contributed by atoms with E-state index in [1.165, 1.54) is 11.1 Å². The van der Waals surface area contributed by atoms with Crippen molar-refractivity contribution >= 4 is 5.91 Å². The van der Waals surface area contributed by atoms with E-state index in [0.29, 0.717) is 18.8 Å². The van der Waals surface area contributed by atoms with Crippen LogP contribution in [-0.2, 0) is 12.8 Å². The molecule has 27 heavy (non-hydrogen) atoms. The number of aromatic nitrogens is 3. The van der Waals surface area contributed by atoms with Crippen molar-refractivity contribution < 1.29 is 9.53 Å². The van der Waals surface area contributed by atoms with Crippen molar-refractivity contribution in [2.45, 2.75) is 19.8 Å². The van der Waals surface area contributed by atoms with Gasteiger partial charge in [-0.25, -0.2) is 4.68 Å². The van der Waals surface area contributed by atoms with E-state index in [1.54, 1.807) is 18.0 Å². The second-order valence-corrected chi connectivity index (χ2v) is 6.81. The van der Waals surface area contributed by atoms with Gasteiger partial charge in [0.15, 0.2) is 5.69 Å². The summed E-state index contributed by atoms with van der Waals surface area (Å²) >= 11 is 0. The van der Waals surface area contributed by atoms with Gasteiger partial charge in [0.1, 0.15) is 5.75 Å². The monoisotopic (exact) mass is 362 g/mol. The Morgan fingerprint density at radius 2 is 1.89 bits per heavy atom. The largest absolute Gasteiger partial charge is 0.497 e. The maximum Gasteiger partial charge on any atom is 0.276 e. The SMILES string of the molecule is COc1ccc2c(c1)CCN(C(=O)c1cn(-c3cccc(C)c3)nn1)CC2. The molecule has 0 unspecified atom stereocenters. The molecule has 0 aliphatic carbocycles. The molecule has 0 saturated heterocycles. The number of ether oxygens (including phenoxy) is 1. The van der Waals surface area contributed by atoms with Gasteiger partial charge in [0.2, 0.25) is 0 Å². The smallest absolute Gasteiger partial charge is 0.276 e. The highest BCUT2D eigenvalue weighted by Crippen LogP contribution is 2.22. The fourth-order valence-corrected chi connectivity index (χ4v) is 3.45. The lowest BCUT2D eigenvalue weighted by Crippen LogP contribution is -2.33. The molecule has 1 amide bonds. The topological polar surface area (TPSA) is 60.2 Å². The molecule has 0 bridgehead atoms. The highest BCUT2D eigenvalue weighted by atomic mass is 16.5. The van der Waals surface area contributed by atoms with Crippen LogP contribution < -0.4 is 4.74 Å². The van der Waals surface area contributed by atoms with Gasteiger partial charge in [-0.15, -0.1) is 5.10 Å². The molecule has 4 rings (SSSR count). The molecule has 2 aromatic carbocycles. The van der Waals surface area contributed by atoms with Crippen LogP contribution >= 0.6 is 0 Å². The normalized spacial score (nSPS) is 13.8. The third-order valence-electron chi connectivity index (χ3n) is 4.98. The van der Waals surface area contributed by atoms with Crippen molar-refractivity contribution in [1.29, 1.82) is 0 Å². The van der Waals surface area contributed by atoms with Gasteiger partial charge in [-0.3, -0.25) is 4.79 Å². The Labute approximate surface area is 158 Å². The summed E-state index contributed by atoms with van der Waals surface area (Å²) in [6.45, 7) is 3.36. The van der Waals surface area contributed by atoms with Gasteiger partial charge in [0.05, 0.1) is 19.0 Å². The first kappa shape index (κ1) is 17.3. The predicted octanol–water partition coefficient (Wildman–Crippen LogP) is 2.83. The third kappa shape index (κ3) is 3.56. The Kier molecular flexibility index (Phi) is 4.62. The average molecular weight is 362 g/mol. The quantitative estimate of drug-likeness (QED) is 0.719. The molecule has 6 heteroatoms. The molecule has 0 radical (unpaired) electrons. The number of carbonyl (C=O) groups excluding carboxylic acids is 1. The number of nitrogens with zero attached hydrogens (tertiary/aromatic N) is 4. The number of aryl methyl sites for hydroxylation is 1. The van der Waals surface area contributed by atoms with E-state index in [0.717, 1.165) is 29.8 Å². The first-order valence-corrected chi connectivity index (χ1v) is 9.08. The maximum absolute atomic E-state index is 12.9.